The van der Waals surface area contributed by atoms with E-state index >= 15 is 0 Å². The number of fused-ring (bicyclic) bond motifs is 1. The summed E-state index contributed by atoms with van der Waals surface area (Å²) in [4.78, 5) is 7.43. The summed E-state index contributed by atoms with van der Waals surface area (Å²) < 4.78 is 0. The Morgan fingerprint density at radius 1 is 1.00 bits per heavy atom. The smallest absolute Gasteiger partial charge is 0.129 e. The molecule has 0 radical (unpaired) electrons. The second kappa shape index (κ2) is 5.24. The van der Waals surface area contributed by atoms with Crippen LogP contribution >= 0.6 is 23.2 Å². The van der Waals surface area contributed by atoms with E-state index in [4.69, 9.17) is 23.2 Å². The van der Waals surface area contributed by atoms with Gasteiger partial charge in [-0.05, 0) is 42.7 Å². The number of aromatic amines is 1. The quantitative estimate of drug-likeness (QED) is 0.699. The van der Waals surface area contributed by atoms with Gasteiger partial charge in [-0.2, -0.15) is 0 Å². The van der Waals surface area contributed by atoms with Crippen molar-refractivity contribution in [3.8, 4) is 0 Å². The van der Waals surface area contributed by atoms with Gasteiger partial charge in [0, 0.05) is 16.1 Å². The van der Waals surface area contributed by atoms with Gasteiger partial charge in [-0.3, -0.25) is 0 Å². The van der Waals surface area contributed by atoms with E-state index in [0.717, 1.165) is 28.8 Å². The number of benzene rings is 1. The molecule has 0 atom stereocenters. The van der Waals surface area contributed by atoms with Crippen molar-refractivity contribution in [3.63, 3.8) is 0 Å². The third kappa shape index (κ3) is 2.91. The number of hydrogen-bond acceptors (Lipinski definition) is 1. The molecule has 0 aliphatic rings. The van der Waals surface area contributed by atoms with Crippen molar-refractivity contribution in [1.82, 2.24) is 9.97 Å². The van der Waals surface area contributed by atoms with Gasteiger partial charge in [0.15, 0.2) is 0 Å². The van der Waals surface area contributed by atoms with Gasteiger partial charge in [0.2, 0.25) is 0 Å². The molecule has 0 bridgehead atoms. The summed E-state index contributed by atoms with van der Waals surface area (Å²) in [5.74, 6) is 0. The lowest BCUT2D eigenvalue weighted by atomic mass is 10.1. The predicted octanol–water partition coefficient (Wildman–Crippen LogP) is 4.65. The molecule has 0 spiro atoms. The van der Waals surface area contributed by atoms with E-state index in [-0.39, 0.29) is 0 Å². The second-order valence-corrected chi connectivity index (χ2v) is 5.34. The van der Waals surface area contributed by atoms with Crippen molar-refractivity contribution in [1.29, 1.82) is 0 Å². The topological polar surface area (TPSA) is 28.7 Å². The van der Waals surface area contributed by atoms with Crippen LogP contribution in [0.2, 0.25) is 10.2 Å². The largest absolute Gasteiger partial charge is 0.357 e. The van der Waals surface area contributed by atoms with E-state index in [2.05, 4.69) is 28.2 Å². The average molecular weight is 291 g/mol. The molecule has 0 amide bonds. The fourth-order valence-electron chi connectivity index (χ4n) is 2.13. The Labute approximate surface area is 121 Å². The lowest BCUT2D eigenvalue weighted by Crippen LogP contribution is -1.90. The Hall–Kier alpha value is -1.51. The number of nitrogens with zero attached hydrogens (tertiary/aromatic N) is 1. The number of aromatic nitrogens is 2. The molecule has 19 heavy (non-hydrogen) atoms. The Morgan fingerprint density at radius 3 is 2.58 bits per heavy atom. The molecule has 0 aliphatic carbocycles. The Balaban J connectivity index is 1.76. The number of aryl methyl sites for hydroxylation is 2. The zero-order chi connectivity index (χ0) is 13.2. The van der Waals surface area contributed by atoms with E-state index < -0.39 is 0 Å². The SMILES string of the molecule is Clc1ccc(CCc2cc3cc(Cl)ncc3[nH]2)cc1. The predicted molar refractivity (Wildman–Crippen MR) is 80.0 cm³/mol. The number of nitrogens with one attached hydrogen (secondary N) is 1. The highest BCUT2D eigenvalue weighted by Gasteiger charge is 2.03. The first-order valence-corrected chi connectivity index (χ1v) is 6.84. The summed E-state index contributed by atoms with van der Waals surface area (Å²) in [5, 5.41) is 2.40. The van der Waals surface area contributed by atoms with Crippen molar-refractivity contribution in [2.45, 2.75) is 12.8 Å². The van der Waals surface area contributed by atoms with Crippen LogP contribution in [0.4, 0.5) is 0 Å². The lowest BCUT2D eigenvalue weighted by molar-refractivity contribution is 0.930. The van der Waals surface area contributed by atoms with Crippen molar-refractivity contribution >= 4 is 34.1 Å². The number of hydrogen-bond donors (Lipinski definition) is 1. The normalized spacial score (nSPS) is 11.1. The van der Waals surface area contributed by atoms with Gasteiger partial charge in [0.25, 0.3) is 0 Å². The monoisotopic (exact) mass is 290 g/mol. The minimum Gasteiger partial charge on any atom is -0.357 e. The Bertz CT molecular complexity index is 702. The molecule has 1 aromatic carbocycles. The summed E-state index contributed by atoms with van der Waals surface area (Å²) >= 11 is 11.7. The van der Waals surface area contributed by atoms with E-state index in [1.54, 1.807) is 6.20 Å². The number of pyridine rings is 1. The van der Waals surface area contributed by atoms with Gasteiger partial charge in [-0.25, -0.2) is 4.98 Å². The number of rotatable bonds is 3. The fraction of sp³-hybridized carbons (Fsp3) is 0.133. The van der Waals surface area contributed by atoms with E-state index in [1.807, 2.05) is 18.2 Å². The molecule has 2 nitrogen and oxygen atoms in total. The van der Waals surface area contributed by atoms with Crippen LogP contribution in [0, 0.1) is 0 Å². The summed E-state index contributed by atoms with van der Waals surface area (Å²) in [6.45, 7) is 0. The molecule has 2 aromatic heterocycles. The van der Waals surface area contributed by atoms with E-state index in [9.17, 15) is 0 Å². The van der Waals surface area contributed by atoms with E-state index in [1.165, 1.54) is 11.3 Å². The van der Waals surface area contributed by atoms with Crippen LogP contribution in [0.5, 0.6) is 0 Å². The molecular weight excluding hydrogens is 279 g/mol. The molecule has 96 valence electrons. The van der Waals surface area contributed by atoms with E-state index in [0.29, 0.717) is 5.15 Å². The Morgan fingerprint density at radius 2 is 1.79 bits per heavy atom. The van der Waals surface area contributed by atoms with Gasteiger partial charge in [-0.1, -0.05) is 35.3 Å². The third-order valence-corrected chi connectivity index (χ3v) is 3.58. The number of H-pyrrole nitrogens is 1. The van der Waals surface area contributed by atoms with Crippen LogP contribution in [0.3, 0.4) is 0 Å². The maximum atomic E-state index is 5.88. The first-order chi connectivity index (χ1) is 9.20. The zero-order valence-corrected chi connectivity index (χ0v) is 11.7. The Kier molecular flexibility index (Phi) is 3.45. The minimum absolute atomic E-state index is 0.524. The van der Waals surface area contributed by atoms with Crippen LogP contribution in [-0.2, 0) is 12.8 Å². The van der Waals surface area contributed by atoms with Crippen molar-refractivity contribution in [2.24, 2.45) is 0 Å². The van der Waals surface area contributed by atoms with Gasteiger partial charge in [-0.15, -0.1) is 0 Å². The molecule has 4 heteroatoms. The third-order valence-electron chi connectivity index (χ3n) is 3.12. The van der Waals surface area contributed by atoms with Crippen LogP contribution < -0.4 is 0 Å². The molecule has 1 N–H and O–H groups in total. The second-order valence-electron chi connectivity index (χ2n) is 4.52. The highest BCUT2D eigenvalue weighted by atomic mass is 35.5. The maximum absolute atomic E-state index is 5.88. The molecule has 0 fully saturated rings. The van der Waals surface area contributed by atoms with Crippen LogP contribution in [0.1, 0.15) is 11.3 Å². The first-order valence-electron chi connectivity index (χ1n) is 6.08. The van der Waals surface area contributed by atoms with Crippen LogP contribution in [0.15, 0.2) is 42.6 Å². The van der Waals surface area contributed by atoms with Gasteiger partial charge < -0.3 is 4.98 Å². The maximum Gasteiger partial charge on any atom is 0.129 e. The van der Waals surface area contributed by atoms with Gasteiger partial charge in [0.1, 0.15) is 5.15 Å². The summed E-state index contributed by atoms with van der Waals surface area (Å²) in [6, 6.07) is 12.0. The number of halogens is 2. The van der Waals surface area contributed by atoms with Crippen molar-refractivity contribution < 1.29 is 0 Å². The molecular formula is C15H12Cl2N2. The zero-order valence-electron chi connectivity index (χ0n) is 10.2. The molecule has 0 unspecified atom stereocenters. The summed E-state index contributed by atoms with van der Waals surface area (Å²) in [6.07, 6.45) is 3.70. The van der Waals surface area contributed by atoms with Crippen LogP contribution in [0.25, 0.3) is 10.9 Å². The molecule has 0 saturated carbocycles. The molecule has 0 saturated heterocycles. The molecule has 3 aromatic rings. The van der Waals surface area contributed by atoms with Crippen LogP contribution in [-0.4, -0.2) is 9.97 Å². The van der Waals surface area contributed by atoms with Crippen molar-refractivity contribution in [2.75, 3.05) is 0 Å². The fourth-order valence-corrected chi connectivity index (χ4v) is 2.42. The summed E-state index contributed by atoms with van der Waals surface area (Å²) in [5.41, 5.74) is 3.49. The summed E-state index contributed by atoms with van der Waals surface area (Å²) in [7, 11) is 0. The molecule has 2 heterocycles. The standard InChI is InChI=1S/C15H12Cl2N2/c16-12-4-1-10(2-5-12)3-6-13-7-11-8-15(17)18-9-14(11)19-13/h1-2,4-5,7-9,19H,3,6H2. The van der Waals surface area contributed by atoms with Crippen molar-refractivity contribution in [3.05, 3.63) is 64.0 Å². The van der Waals surface area contributed by atoms with Gasteiger partial charge in [0.05, 0.1) is 11.7 Å². The average Bonchev–Trinajstić information content (AvgIpc) is 2.80. The lowest BCUT2D eigenvalue weighted by Gasteiger charge is -2.00. The minimum atomic E-state index is 0.524. The highest BCUT2D eigenvalue weighted by Crippen LogP contribution is 2.19. The first kappa shape index (κ1) is 12.5. The molecule has 0 aliphatic heterocycles. The van der Waals surface area contributed by atoms with Gasteiger partial charge >= 0.3 is 0 Å². The molecule has 3 rings (SSSR count). The highest BCUT2D eigenvalue weighted by molar-refractivity contribution is 6.30.